The van der Waals surface area contributed by atoms with Crippen LogP contribution in [0.15, 0.2) is 36.5 Å². The molecule has 334 valence electrons. The molecule has 14 heteroatoms. The molecule has 1 aliphatic heterocycles. The van der Waals surface area contributed by atoms with Gasteiger partial charge in [-0.1, -0.05) is 159 Å². The van der Waals surface area contributed by atoms with Gasteiger partial charge in [-0.05, 0) is 44.9 Å². The van der Waals surface area contributed by atoms with Crippen molar-refractivity contribution in [3.8, 4) is 0 Å². The Morgan fingerprint density at radius 3 is 1.68 bits per heavy atom. The van der Waals surface area contributed by atoms with Crippen molar-refractivity contribution in [1.82, 2.24) is 5.32 Å². The maximum Gasteiger partial charge on any atom is 0.397 e. The Kier molecular flexibility index (Phi) is 31.8. The molecule has 0 aromatic rings. The van der Waals surface area contributed by atoms with E-state index in [4.69, 9.17) is 14.0 Å². The van der Waals surface area contributed by atoms with E-state index >= 15 is 0 Å². The van der Waals surface area contributed by atoms with Crippen LogP contribution >= 0.6 is 0 Å². The molecular formula is C43H79NO12S. The van der Waals surface area contributed by atoms with Crippen LogP contribution < -0.4 is 5.32 Å². The Morgan fingerprint density at radius 1 is 0.702 bits per heavy atom. The molecule has 0 aliphatic carbocycles. The molecule has 8 unspecified atom stereocenters. The highest BCUT2D eigenvalue weighted by Gasteiger charge is 2.48. The lowest BCUT2D eigenvalue weighted by molar-refractivity contribution is -0.298. The first-order chi connectivity index (χ1) is 27.4. The molecule has 0 bridgehead atoms. The maximum absolute atomic E-state index is 13.0. The van der Waals surface area contributed by atoms with Crippen molar-refractivity contribution in [2.75, 3.05) is 13.2 Å². The third kappa shape index (κ3) is 26.9. The lowest BCUT2D eigenvalue weighted by atomic mass is 9.99. The number of ether oxygens (including phenoxy) is 2. The van der Waals surface area contributed by atoms with E-state index in [-0.39, 0.29) is 6.42 Å². The Labute approximate surface area is 344 Å². The minimum Gasteiger partial charge on any atom is -0.394 e. The summed E-state index contributed by atoms with van der Waals surface area (Å²) in [5.74, 6) is -0.719. The molecule has 1 fully saturated rings. The number of allylic oxidation sites excluding steroid dienone is 5. The van der Waals surface area contributed by atoms with Crippen molar-refractivity contribution in [2.45, 2.75) is 217 Å². The second-order valence-corrected chi connectivity index (χ2v) is 16.5. The number of hydrogen-bond acceptors (Lipinski definition) is 11. The number of aliphatic hydroxyl groups excluding tert-OH is 5. The number of carbonyl (C=O) groups is 1. The first-order valence-electron chi connectivity index (χ1n) is 22.0. The van der Waals surface area contributed by atoms with E-state index in [2.05, 4.69) is 47.7 Å². The first-order valence-corrected chi connectivity index (χ1v) is 23.3. The Balaban J connectivity index is 2.67. The molecule has 57 heavy (non-hydrogen) atoms. The largest absolute Gasteiger partial charge is 0.397 e. The average molecular weight is 834 g/mol. The minimum absolute atomic E-state index is 0.235. The molecule has 7 N–H and O–H groups in total. The highest BCUT2D eigenvalue weighted by molar-refractivity contribution is 7.80. The molecule has 1 rings (SSSR count). The average Bonchev–Trinajstić information content (AvgIpc) is 3.18. The van der Waals surface area contributed by atoms with E-state index in [1.165, 1.54) is 96.0 Å². The van der Waals surface area contributed by atoms with Gasteiger partial charge in [-0.15, -0.1) is 0 Å². The SMILES string of the molecule is CCCCCCCCC/C=C/CC/C=C/CC/C=C/C(O)C(COC1OC(CO)C(O)C(OS(=O)(=O)O)C1O)NC(=O)C(O)CCCCCCCCCCCCC. The third-order valence-corrected chi connectivity index (χ3v) is 10.7. The highest BCUT2D eigenvalue weighted by Crippen LogP contribution is 2.26. The normalized spacial score (nSPS) is 22.1. The fourth-order valence-corrected chi connectivity index (χ4v) is 7.23. The summed E-state index contributed by atoms with van der Waals surface area (Å²) in [4.78, 5) is 13.0. The predicted octanol–water partition coefficient (Wildman–Crippen LogP) is 6.91. The number of carbonyl (C=O) groups excluding carboxylic acids is 1. The summed E-state index contributed by atoms with van der Waals surface area (Å²) >= 11 is 0. The van der Waals surface area contributed by atoms with Crippen molar-refractivity contribution >= 4 is 16.3 Å². The summed E-state index contributed by atoms with van der Waals surface area (Å²) in [5, 5.41) is 55.0. The summed E-state index contributed by atoms with van der Waals surface area (Å²) in [6.07, 6.45) is 26.7. The van der Waals surface area contributed by atoms with E-state index in [1.807, 2.05) is 0 Å². The summed E-state index contributed by atoms with van der Waals surface area (Å²) in [7, 11) is -5.12. The maximum atomic E-state index is 13.0. The smallest absolute Gasteiger partial charge is 0.394 e. The topological polar surface area (TPSA) is 212 Å². The number of unbranched alkanes of at least 4 members (excludes halogenated alkanes) is 19. The van der Waals surface area contributed by atoms with Crippen molar-refractivity contribution in [3.63, 3.8) is 0 Å². The van der Waals surface area contributed by atoms with Crippen LogP contribution in [0.1, 0.15) is 168 Å². The van der Waals surface area contributed by atoms with Crippen molar-refractivity contribution in [1.29, 1.82) is 0 Å². The Hall–Kier alpha value is -1.72. The second kappa shape index (κ2) is 34.0. The molecule has 1 amide bonds. The van der Waals surface area contributed by atoms with Crippen LogP contribution in [0.25, 0.3) is 0 Å². The Bertz CT molecular complexity index is 1180. The number of nitrogens with one attached hydrogen (secondary N) is 1. The molecule has 0 radical (unpaired) electrons. The van der Waals surface area contributed by atoms with Crippen molar-refractivity contribution < 1.29 is 57.0 Å². The van der Waals surface area contributed by atoms with E-state index in [9.17, 15) is 38.7 Å². The predicted molar refractivity (Wildman–Crippen MR) is 224 cm³/mol. The van der Waals surface area contributed by atoms with Crippen LogP contribution in [0, 0.1) is 0 Å². The number of aliphatic hydroxyl groups is 5. The fourth-order valence-electron chi connectivity index (χ4n) is 6.73. The zero-order chi connectivity index (χ0) is 42.2. The summed E-state index contributed by atoms with van der Waals surface area (Å²) in [5.41, 5.74) is 0. The minimum atomic E-state index is -5.12. The summed E-state index contributed by atoms with van der Waals surface area (Å²) in [6.45, 7) is 3.16. The van der Waals surface area contributed by atoms with E-state index in [1.54, 1.807) is 6.08 Å². The molecule has 0 aromatic heterocycles. The molecule has 1 heterocycles. The Morgan fingerprint density at radius 2 is 1.18 bits per heavy atom. The van der Waals surface area contributed by atoms with Crippen LogP contribution in [0.2, 0.25) is 0 Å². The van der Waals surface area contributed by atoms with Gasteiger partial charge in [0.05, 0.1) is 25.4 Å². The monoisotopic (exact) mass is 834 g/mol. The van der Waals surface area contributed by atoms with Gasteiger partial charge in [0.15, 0.2) is 6.29 Å². The van der Waals surface area contributed by atoms with Gasteiger partial charge < -0.3 is 40.3 Å². The molecular weight excluding hydrogens is 755 g/mol. The lowest BCUT2D eigenvalue weighted by Gasteiger charge is -2.41. The summed E-state index contributed by atoms with van der Waals surface area (Å²) in [6, 6.07) is -1.14. The van der Waals surface area contributed by atoms with Crippen LogP contribution in [-0.4, -0.2) is 107 Å². The number of amides is 1. The highest BCUT2D eigenvalue weighted by atomic mass is 32.3. The number of hydrogen-bond donors (Lipinski definition) is 7. The van der Waals surface area contributed by atoms with Gasteiger partial charge >= 0.3 is 10.4 Å². The van der Waals surface area contributed by atoms with Gasteiger partial charge in [0, 0.05) is 0 Å². The zero-order valence-corrected chi connectivity index (χ0v) is 35.8. The van der Waals surface area contributed by atoms with Crippen LogP contribution in [0.4, 0.5) is 0 Å². The third-order valence-electron chi connectivity index (χ3n) is 10.3. The molecule has 8 atom stereocenters. The van der Waals surface area contributed by atoms with Gasteiger partial charge in [-0.25, -0.2) is 4.18 Å². The van der Waals surface area contributed by atoms with E-state index in [0.717, 1.165) is 44.9 Å². The molecule has 13 nitrogen and oxygen atoms in total. The van der Waals surface area contributed by atoms with Gasteiger partial charge in [-0.3, -0.25) is 9.35 Å². The first kappa shape index (κ1) is 53.3. The van der Waals surface area contributed by atoms with E-state index in [0.29, 0.717) is 12.8 Å². The van der Waals surface area contributed by atoms with Crippen molar-refractivity contribution in [2.24, 2.45) is 0 Å². The van der Waals surface area contributed by atoms with Crippen LogP contribution in [-0.2, 0) is 28.9 Å². The van der Waals surface area contributed by atoms with Gasteiger partial charge in [0.2, 0.25) is 5.91 Å². The zero-order valence-electron chi connectivity index (χ0n) is 35.0. The van der Waals surface area contributed by atoms with E-state index < -0.39 is 78.5 Å². The van der Waals surface area contributed by atoms with Gasteiger partial charge in [0.25, 0.3) is 0 Å². The van der Waals surface area contributed by atoms with Crippen LogP contribution in [0.3, 0.4) is 0 Å². The molecule has 0 saturated carbocycles. The van der Waals surface area contributed by atoms with Crippen LogP contribution in [0.5, 0.6) is 0 Å². The fraction of sp³-hybridized carbons (Fsp3) is 0.837. The number of rotatable bonds is 36. The molecule has 0 spiro atoms. The summed E-state index contributed by atoms with van der Waals surface area (Å²) < 4.78 is 47.4. The molecule has 1 saturated heterocycles. The standard InChI is InChI=1S/C43H79NO12S/c1-3-5-7-9-11-13-15-16-17-18-19-20-22-23-25-27-29-31-36(46)35(34-54-43-40(49)41(56-57(51,52)53)39(48)38(33-45)55-43)44-42(50)37(47)32-30-28-26-24-21-14-12-10-8-6-4-2/h17-18,22-23,29,31,35-41,43,45-49H,3-16,19-21,24-28,30,32-34H2,1-2H3,(H,44,50)(H,51,52,53)/b18-17+,23-22+,31-29+. The molecule has 0 aromatic carbocycles. The molecule has 1 aliphatic rings. The van der Waals surface area contributed by atoms with Gasteiger partial charge in [0.1, 0.15) is 30.5 Å². The van der Waals surface area contributed by atoms with Gasteiger partial charge in [-0.2, -0.15) is 8.42 Å². The van der Waals surface area contributed by atoms with Crippen molar-refractivity contribution in [3.05, 3.63) is 36.5 Å². The lowest BCUT2D eigenvalue weighted by Crippen LogP contribution is -2.61. The quantitative estimate of drug-likeness (QED) is 0.0195. The second-order valence-electron chi connectivity index (χ2n) is 15.4.